The molecule has 0 radical (unpaired) electrons. The molecule has 0 saturated carbocycles. The number of nitrogens with one attached hydrogen (secondary N) is 2. The van der Waals surface area contributed by atoms with Crippen molar-refractivity contribution in [2.75, 3.05) is 19.5 Å². The number of hydrogen-bond donors (Lipinski definition) is 2. The van der Waals surface area contributed by atoms with Gasteiger partial charge in [0.05, 0.1) is 26.0 Å². The molecular formula is C23H25N3O4S2. The summed E-state index contributed by atoms with van der Waals surface area (Å²) in [5.74, 6) is 1.68. The molecule has 1 atom stereocenters. The molecule has 1 unspecified atom stereocenters. The maximum Gasteiger partial charge on any atom is 0.257 e. The van der Waals surface area contributed by atoms with Gasteiger partial charge in [-0.1, -0.05) is 6.92 Å². The lowest BCUT2D eigenvalue weighted by Crippen LogP contribution is -2.34. The van der Waals surface area contributed by atoms with E-state index in [0.717, 1.165) is 23.4 Å². The Balaban J connectivity index is 1.60. The Morgan fingerprint density at radius 2 is 1.84 bits per heavy atom. The van der Waals surface area contributed by atoms with E-state index in [1.54, 1.807) is 38.5 Å². The first-order valence-corrected chi connectivity index (χ1v) is 11.3. The Labute approximate surface area is 196 Å². The topological polar surface area (TPSA) is 81.7 Å². The van der Waals surface area contributed by atoms with E-state index in [9.17, 15) is 4.79 Å². The van der Waals surface area contributed by atoms with Crippen LogP contribution in [0.2, 0.25) is 0 Å². The van der Waals surface area contributed by atoms with Crippen molar-refractivity contribution in [3.8, 4) is 28.5 Å². The molecule has 3 rings (SSSR count). The second-order valence-electron chi connectivity index (χ2n) is 6.88. The number of aromatic nitrogens is 1. The SMILES string of the molecule is CCC(C)Oc1ccc(C(=O)NC(=S)Nc2nc(-c3ccc(OC)c(OC)c3)cs2)cc1. The Morgan fingerprint density at radius 1 is 1.12 bits per heavy atom. The Kier molecular flexibility index (Phi) is 8.02. The lowest BCUT2D eigenvalue weighted by molar-refractivity contribution is 0.0977. The van der Waals surface area contributed by atoms with Crippen LogP contribution in [0.5, 0.6) is 17.2 Å². The van der Waals surface area contributed by atoms with Gasteiger partial charge in [-0.15, -0.1) is 11.3 Å². The smallest absolute Gasteiger partial charge is 0.257 e. The van der Waals surface area contributed by atoms with Gasteiger partial charge in [-0.2, -0.15) is 0 Å². The quantitative estimate of drug-likeness (QED) is 0.441. The van der Waals surface area contributed by atoms with Crippen molar-refractivity contribution in [3.05, 3.63) is 53.4 Å². The molecule has 168 valence electrons. The van der Waals surface area contributed by atoms with E-state index < -0.39 is 0 Å². The van der Waals surface area contributed by atoms with Crippen LogP contribution < -0.4 is 24.8 Å². The number of benzene rings is 2. The molecule has 0 bridgehead atoms. The molecule has 0 spiro atoms. The monoisotopic (exact) mass is 471 g/mol. The maximum absolute atomic E-state index is 12.5. The van der Waals surface area contributed by atoms with E-state index in [-0.39, 0.29) is 17.1 Å². The molecule has 1 aromatic heterocycles. The molecular weight excluding hydrogens is 446 g/mol. The molecule has 0 aliphatic rings. The van der Waals surface area contributed by atoms with Crippen LogP contribution in [0.3, 0.4) is 0 Å². The number of thiazole rings is 1. The third kappa shape index (κ3) is 5.95. The standard InChI is InChI=1S/C23H25N3O4S2/c1-5-14(2)30-17-9-6-15(7-10-17)21(27)25-22(31)26-23-24-18(13-32-23)16-8-11-19(28-3)20(12-16)29-4/h6-14H,5H2,1-4H3,(H2,24,25,26,27,31). The summed E-state index contributed by atoms with van der Waals surface area (Å²) in [7, 11) is 3.18. The Morgan fingerprint density at radius 3 is 2.50 bits per heavy atom. The highest BCUT2D eigenvalue weighted by Crippen LogP contribution is 2.33. The van der Waals surface area contributed by atoms with Crippen LogP contribution in [0.15, 0.2) is 47.8 Å². The second kappa shape index (κ2) is 10.9. The van der Waals surface area contributed by atoms with Crippen LogP contribution in [0.25, 0.3) is 11.3 Å². The van der Waals surface area contributed by atoms with E-state index in [4.69, 9.17) is 26.4 Å². The lowest BCUT2D eigenvalue weighted by atomic mass is 10.1. The number of methoxy groups -OCH3 is 2. The number of carbonyl (C=O) groups is 1. The molecule has 0 fully saturated rings. The minimum absolute atomic E-state index is 0.119. The van der Waals surface area contributed by atoms with Gasteiger partial charge in [0.1, 0.15) is 5.75 Å². The molecule has 32 heavy (non-hydrogen) atoms. The minimum atomic E-state index is -0.311. The van der Waals surface area contributed by atoms with Crippen LogP contribution in [0, 0.1) is 0 Å². The van der Waals surface area contributed by atoms with Gasteiger partial charge in [-0.25, -0.2) is 4.98 Å². The van der Waals surface area contributed by atoms with Crippen LogP contribution >= 0.6 is 23.6 Å². The van der Waals surface area contributed by atoms with Gasteiger partial charge < -0.3 is 19.5 Å². The highest BCUT2D eigenvalue weighted by Gasteiger charge is 2.12. The van der Waals surface area contributed by atoms with E-state index in [1.165, 1.54) is 11.3 Å². The zero-order valence-electron chi connectivity index (χ0n) is 18.3. The first kappa shape index (κ1) is 23.5. The molecule has 3 aromatic rings. The molecule has 2 aromatic carbocycles. The van der Waals surface area contributed by atoms with Crippen molar-refractivity contribution >= 4 is 39.7 Å². The number of ether oxygens (including phenoxy) is 3. The summed E-state index contributed by atoms with van der Waals surface area (Å²) in [4.78, 5) is 17.0. The van der Waals surface area contributed by atoms with Crippen molar-refractivity contribution in [3.63, 3.8) is 0 Å². The van der Waals surface area contributed by atoms with Crippen molar-refractivity contribution in [1.82, 2.24) is 10.3 Å². The van der Waals surface area contributed by atoms with Crippen molar-refractivity contribution in [2.45, 2.75) is 26.4 Å². The number of carbonyl (C=O) groups excluding carboxylic acids is 1. The van der Waals surface area contributed by atoms with E-state index in [2.05, 4.69) is 22.5 Å². The van der Waals surface area contributed by atoms with E-state index >= 15 is 0 Å². The number of hydrogen-bond acceptors (Lipinski definition) is 7. The third-order valence-corrected chi connectivity index (χ3v) is 5.62. The van der Waals surface area contributed by atoms with Gasteiger partial charge >= 0.3 is 0 Å². The van der Waals surface area contributed by atoms with Gasteiger partial charge in [0.15, 0.2) is 21.7 Å². The first-order chi connectivity index (χ1) is 15.4. The number of rotatable bonds is 8. The fourth-order valence-electron chi connectivity index (χ4n) is 2.76. The summed E-state index contributed by atoms with van der Waals surface area (Å²) in [5.41, 5.74) is 2.11. The lowest BCUT2D eigenvalue weighted by Gasteiger charge is -2.13. The predicted octanol–water partition coefficient (Wildman–Crippen LogP) is 5.13. The third-order valence-electron chi connectivity index (χ3n) is 4.66. The second-order valence-corrected chi connectivity index (χ2v) is 8.14. The van der Waals surface area contributed by atoms with Crippen molar-refractivity contribution < 1.29 is 19.0 Å². The van der Waals surface area contributed by atoms with Crippen LogP contribution in [-0.4, -0.2) is 36.3 Å². The zero-order valence-corrected chi connectivity index (χ0v) is 19.9. The molecule has 0 saturated heterocycles. The summed E-state index contributed by atoms with van der Waals surface area (Å²) in [5, 5.41) is 8.25. The van der Waals surface area contributed by atoms with Crippen LogP contribution in [0.1, 0.15) is 30.6 Å². The predicted molar refractivity (Wildman–Crippen MR) is 131 cm³/mol. The zero-order chi connectivity index (χ0) is 23.1. The normalized spacial score (nSPS) is 11.4. The average Bonchev–Trinajstić information content (AvgIpc) is 3.27. The number of nitrogens with zero attached hydrogens (tertiary/aromatic N) is 1. The minimum Gasteiger partial charge on any atom is -0.493 e. The number of anilines is 1. The summed E-state index contributed by atoms with van der Waals surface area (Å²) >= 11 is 6.65. The summed E-state index contributed by atoms with van der Waals surface area (Å²) in [6.45, 7) is 4.06. The molecule has 9 heteroatoms. The largest absolute Gasteiger partial charge is 0.493 e. The van der Waals surface area contributed by atoms with Gasteiger partial charge in [0, 0.05) is 16.5 Å². The molecule has 0 aliphatic heterocycles. The van der Waals surface area contributed by atoms with Gasteiger partial charge in [-0.05, 0) is 68.0 Å². The van der Waals surface area contributed by atoms with Gasteiger partial charge in [0.25, 0.3) is 5.91 Å². The molecule has 7 nitrogen and oxygen atoms in total. The fourth-order valence-corrected chi connectivity index (χ4v) is 3.74. The van der Waals surface area contributed by atoms with Crippen LogP contribution in [-0.2, 0) is 0 Å². The number of amides is 1. The first-order valence-electron chi connectivity index (χ1n) is 10.0. The summed E-state index contributed by atoms with van der Waals surface area (Å²) in [6.07, 6.45) is 1.03. The highest BCUT2D eigenvalue weighted by atomic mass is 32.1. The molecule has 1 heterocycles. The molecule has 1 amide bonds. The Hall–Kier alpha value is -3.17. The molecule has 2 N–H and O–H groups in total. The molecule has 0 aliphatic carbocycles. The van der Waals surface area contributed by atoms with Crippen molar-refractivity contribution in [1.29, 1.82) is 0 Å². The summed E-state index contributed by atoms with van der Waals surface area (Å²) < 4.78 is 16.3. The fraction of sp³-hybridized carbons (Fsp3) is 0.261. The highest BCUT2D eigenvalue weighted by molar-refractivity contribution is 7.80. The Bertz CT molecular complexity index is 1080. The van der Waals surface area contributed by atoms with E-state index in [0.29, 0.717) is 22.2 Å². The van der Waals surface area contributed by atoms with Crippen molar-refractivity contribution in [2.24, 2.45) is 0 Å². The number of thiocarbonyl (C=S) groups is 1. The maximum atomic E-state index is 12.5. The van der Waals surface area contributed by atoms with Gasteiger partial charge in [0.2, 0.25) is 0 Å². The average molecular weight is 472 g/mol. The van der Waals surface area contributed by atoms with Crippen LogP contribution in [0.4, 0.5) is 5.13 Å². The summed E-state index contributed by atoms with van der Waals surface area (Å²) in [6, 6.07) is 12.5. The van der Waals surface area contributed by atoms with Gasteiger partial charge in [-0.3, -0.25) is 10.1 Å². The van der Waals surface area contributed by atoms with E-state index in [1.807, 2.05) is 30.5 Å².